The third kappa shape index (κ3) is 3.76. The van der Waals surface area contributed by atoms with Gasteiger partial charge in [-0.2, -0.15) is 4.98 Å². The largest absolute Gasteiger partial charge is 0.467 e. The van der Waals surface area contributed by atoms with Gasteiger partial charge in [0.25, 0.3) is 0 Å². The third-order valence-corrected chi connectivity index (χ3v) is 3.05. The maximum Gasteiger partial charge on any atom is 0.323 e. The molecule has 2 aromatic rings. The fourth-order valence-corrected chi connectivity index (χ4v) is 1.91. The predicted octanol–water partition coefficient (Wildman–Crippen LogP) is 2.85. The van der Waals surface area contributed by atoms with Gasteiger partial charge in [0.1, 0.15) is 5.69 Å². The number of ether oxygens (including phenoxy) is 1. The van der Waals surface area contributed by atoms with E-state index in [0.717, 1.165) is 0 Å². The van der Waals surface area contributed by atoms with Crippen LogP contribution in [-0.4, -0.2) is 37.2 Å². The van der Waals surface area contributed by atoms with Crippen LogP contribution >= 0.6 is 11.6 Å². The molecule has 0 radical (unpaired) electrons. The number of urea groups is 1. The summed E-state index contributed by atoms with van der Waals surface area (Å²) in [6.45, 7) is 0. The second kappa shape index (κ2) is 6.95. The molecular weight excluding hydrogens is 306 g/mol. The smallest absolute Gasteiger partial charge is 0.323 e. The van der Waals surface area contributed by atoms with Gasteiger partial charge in [-0.05, 0) is 12.1 Å². The van der Waals surface area contributed by atoms with Gasteiger partial charge in [-0.1, -0.05) is 23.7 Å². The molecule has 1 aromatic heterocycles. The molecule has 22 heavy (non-hydrogen) atoms. The van der Waals surface area contributed by atoms with Gasteiger partial charge < -0.3 is 20.3 Å². The fraction of sp³-hybridized carbons (Fsp3) is 0.214. The Bertz CT molecular complexity index is 678. The van der Waals surface area contributed by atoms with Gasteiger partial charge in [-0.15, -0.1) is 0 Å². The highest BCUT2D eigenvalue weighted by Crippen LogP contribution is 2.24. The minimum Gasteiger partial charge on any atom is -0.467 e. The van der Waals surface area contributed by atoms with Gasteiger partial charge in [-0.25, -0.2) is 9.78 Å². The summed E-state index contributed by atoms with van der Waals surface area (Å²) in [5, 5.41) is 5.81. The molecule has 1 heterocycles. The van der Waals surface area contributed by atoms with Crippen LogP contribution in [0.15, 0.2) is 30.5 Å². The number of hydrogen-bond donors (Lipinski definition) is 2. The summed E-state index contributed by atoms with van der Waals surface area (Å²) < 4.78 is 4.98. The Kier molecular flexibility index (Phi) is 5.00. The molecule has 0 saturated heterocycles. The van der Waals surface area contributed by atoms with E-state index in [1.165, 1.54) is 13.3 Å². The average molecular weight is 322 g/mol. The Morgan fingerprint density at radius 3 is 2.55 bits per heavy atom. The summed E-state index contributed by atoms with van der Waals surface area (Å²) in [5.74, 6) is 0.529. The zero-order valence-corrected chi connectivity index (χ0v) is 13.2. The van der Waals surface area contributed by atoms with E-state index in [0.29, 0.717) is 22.2 Å². The van der Waals surface area contributed by atoms with Crippen LogP contribution in [0.3, 0.4) is 0 Å². The van der Waals surface area contributed by atoms with Gasteiger partial charge in [0.15, 0.2) is 5.82 Å². The van der Waals surface area contributed by atoms with Crippen molar-refractivity contribution >= 4 is 34.8 Å². The molecule has 2 rings (SSSR count). The van der Waals surface area contributed by atoms with Crippen molar-refractivity contribution in [2.75, 3.05) is 36.7 Å². The lowest BCUT2D eigenvalue weighted by molar-refractivity contribution is 0.262. The minimum atomic E-state index is -0.440. The molecule has 2 amide bonds. The summed E-state index contributed by atoms with van der Waals surface area (Å²) in [4.78, 5) is 22.0. The van der Waals surface area contributed by atoms with E-state index in [-0.39, 0.29) is 6.01 Å². The molecule has 7 nitrogen and oxygen atoms in total. The van der Waals surface area contributed by atoms with Gasteiger partial charge in [0.05, 0.1) is 24.0 Å². The van der Waals surface area contributed by atoms with E-state index in [1.54, 1.807) is 43.3 Å². The summed E-state index contributed by atoms with van der Waals surface area (Å²) in [7, 11) is 5.09. The van der Waals surface area contributed by atoms with E-state index in [4.69, 9.17) is 16.3 Å². The van der Waals surface area contributed by atoms with Crippen molar-refractivity contribution in [3.63, 3.8) is 0 Å². The SMILES string of the molecule is COc1ncc(NC(=O)Nc2ccccc2Cl)c(N(C)C)n1. The van der Waals surface area contributed by atoms with E-state index < -0.39 is 6.03 Å². The van der Waals surface area contributed by atoms with Crippen LogP contribution in [0.2, 0.25) is 5.02 Å². The van der Waals surface area contributed by atoms with Crippen LogP contribution in [0.25, 0.3) is 0 Å². The van der Waals surface area contributed by atoms with Crippen molar-refractivity contribution in [2.24, 2.45) is 0 Å². The number of amides is 2. The van der Waals surface area contributed by atoms with E-state index >= 15 is 0 Å². The first kappa shape index (κ1) is 15.8. The third-order valence-electron chi connectivity index (χ3n) is 2.72. The van der Waals surface area contributed by atoms with Crippen LogP contribution in [0, 0.1) is 0 Å². The molecule has 0 fully saturated rings. The highest BCUT2D eigenvalue weighted by Gasteiger charge is 2.13. The van der Waals surface area contributed by atoms with E-state index in [9.17, 15) is 4.79 Å². The molecule has 0 aliphatic carbocycles. The zero-order valence-electron chi connectivity index (χ0n) is 12.4. The van der Waals surface area contributed by atoms with E-state index in [1.807, 2.05) is 0 Å². The van der Waals surface area contributed by atoms with Crippen molar-refractivity contribution in [3.05, 3.63) is 35.5 Å². The zero-order chi connectivity index (χ0) is 16.1. The van der Waals surface area contributed by atoms with Crippen LogP contribution in [-0.2, 0) is 0 Å². The van der Waals surface area contributed by atoms with E-state index in [2.05, 4.69) is 20.6 Å². The number of rotatable bonds is 4. The van der Waals surface area contributed by atoms with Gasteiger partial charge in [0.2, 0.25) is 0 Å². The highest BCUT2D eigenvalue weighted by molar-refractivity contribution is 6.33. The molecule has 0 aliphatic heterocycles. The molecule has 0 spiro atoms. The number of hydrogen-bond acceptors (Lipinski definition) is 5. The number of nitrogens with one attached hydrogen (secondary N) is 2. The Hall–Kier alpha value is -2.54. The number of carbonyl (C=O) groups excluding carboxylic acids is 1. The summed E-state index contributed by atoms with van der Waals surface area (Å²) in [6, 6.07) is 6.75. The monoisotopic (exact) mass is 321 g/mol. The number of nitrogens with zero attached hydrogens (tertiary/aromatic N) is 3. The normalized spacial score (nSPS) is 10.0. The lowest BCUT2D eigenvalue weighted by Gasteiger charge is -2.17. The maximum atomic E-state index is 12.1. The highest BCUT2D eigenvalue weighted by atomic mass is 35.5. The fourth-order valence-electron chi connectivity index (χ4n) is 1.72. The minimum absolute atomic E-state index is 0.223. The number of para-hydroxylation sites is 1. The number of anilines is 3. The Labute approximate surface area is 133 Å². The molecule has 1 aromatic carbocycles. The van der Waals surface area contributed by atoms with Gasteiger partial charge in [0, 0.05) is 14.1 Å². The lowest BCUT2D eigenvalue weighted by Crippen LogP contribution is -2.22. The van der Waals surface area contributed by atoms with Crippen molar-refractivity contribution in [2.45, 2.75) is 0 Å². The van der Waals surface area contributed by atoms with Crippen LogP contribution in [0.4, 0.5) is 22.0 Å². The van der Waals surface area contributed by atoms with Crippen molar-refractivity contribution in [1.82, 2.24) is 9.97 Å². The maximum absolute atomic E-state index is 12.1. The van der Waals surface area contributed by atoms with Crippen molar-refractivity contribution in [1.29, 1.82) is 0 Å². The topological polar surface area (TPSA) is 79.4 Å². The molecule has 0 saturated carbocycles. The van der Waals surface area contributed by atoms with Crippen LogP contribution in [0.1, 0.15) is 0 Å². The molecule has 8 heteroatoms. The second-order valence-electron chi connectivity index (χ2n) is 4.55. The quantitative estimate of drug-likeness (QED) is 0.905. The first-order chi connectivity index (χ1) is 10.5. The first-order valence-corrected chi connectivity index (χ1v) is 6.80. The second-order valence-corrected chi connectivity index (χ2v) is 4.95. The number of carbonyl (C=O) groups is 1. The molecule has 0 unspecified atom stereocenters. The summed E-state index contributed by atoms with van der Waals surface area (Å²) >= 11 is 6.00. The number of aromatic nitrogens is 2. The lowest BCUT2D eigenvalue weighted by atomic mass is 10.3. The molecule has 0 bridgehead atoms. The number of halogens is 1. The Morgan fingerprint density at radius 1 is 1.23 bits per heavy atom. The number of methoxy groups -OCH3 is 1. The molecule has 0 aliphatic rings. The molecule has 116 valence electrons. The average Bonchev–Trinajstić information content (AvgIpc) is 2.49. The number of benzene rings is 1. The first-order valence-electron chi connectivity index (χ1n) is 6.42. The van der Waals surface area contributed by atoms with Crippen LogP contribution in [0.5, 0.6) is 6.01 Å². The summed E-state index contributed by atoms with van der Waals surface area (Å²) in [6.07, 6.45) is 1.48. The molecule has 0 atom stereocenters. The molecular formula is C14H16ClN5O2. The van der Waals surface area contributed by atoms with Crippen molar-refractivity contribution in [3.8, 4) is 6.01 Å². The molecule has 2 N–H and O–H groups in total. The predicted molar refractivity (Wildman–Crippen MR) is 87.0 cm³/mol. The van der Waals surface area contributed by atoms with Gasteiger partial charge >= 0.3 is 12.0 Å². The summed E-state index contributed by atoms with van der Waals surface area (Å²) in [5.41, 5.74) is 0.970. The van der Waals surface area contributed by atoms with Gasteiger partial charge in [-0.3, -0.25) is 0 Å². The van der Waals surface area contributed by atoms with Crippen molar-refractivity contribution < 1.29 is 9.53 Å². The van der Waals surface area contributed by atoms with Crippen LogP contribution < -0.4 is 20.3 Å². The standard InChI is InChI=1S/C14H16ClN5O2/c1-20(2)12-11(8-16-14(19-12)22-3)18-13(21)17-10-7-5-4-6-9(10)15/h4-8H,1-3H3,(H2,17,18,21). The Balaban J connectivity index is 2.16. The Morgan fingerprint density at radius 2 is 1.91 bits per heavy atom.